The summed E-state index contributed by atoms with van der Waals surface area (Å²) in [7, 11) is -3.91. The summed E-state index contributed by atoms with van der Waals surface area (Å²) in [6.45, 7) is 1.23. The van der Waals surface area contributed by atoms with Crippen LogP contribution in [0.2, 0.25) is 0 Å². The Kier molecular flexibility index (Phi) is 3.68. The van der Waals surface area contributed by atoms with Crippen LogP contribution in [0, 0.1) is 0 Å². The molecule has 0 aromatic carbocycles. The van der Waals surface area contributed by atoms with Gasteiger partial charge in [0.05, 0.1) is 6.10 Å². The Morgan fingerprint density at radius 3 is 2.62 bits per heavy atom. The largest absolute Gasteiger partial charge is 0.475 e. The second-order valence-corrected chi connectivity index (χ2v) is 4.82. The number of aromatic carboxylic acids is 1. The zero-order valence-electron chi connectivity index (χ0n) is 8.37. The number of hydrogen-bond donors (Lipinski definition) is 3. The van der Waals surface area contributed by atoms with Crippen LogP contribution in [0.15, 0.2) is 21.6 Å². The van der Waals surface area contributed by atoms with Gasteiger partial charge >= 0.3 is 5.97 Å². The lowest BCUT2D eigenvalue weighted by atomic mass is 10.4. The summed E-state index contributed by atoms with van der Waals surface area (Å²) in [4.78, 5) is 10.5. The summed E-state index contributed by atoms with van der Waals surface area (Å²) in [5, 5.41) is 16.9. The van der Waals surface area contributed by atoms with Crippen molar-refractivity contribution in [1.82, 2.24) is 4.72 Å². The topological polar surface area (TPSA) is 117 Å². The van der Waals surface area contributed by atoms with E-state index in [0.717, 1.165) is 12.1 Å². The number of carboxylic acid groups (broad SMARTS) is 1. The minimum atomic E-state index is -3.91. The first kappa shape index (κ1) is 12.7. The van der Waals surface area contributed by atoms with Gasteiger partial charge in [-0.3, -0.25) is 0 Å². The van der Waals surface area contributed by atoms with Crippen molar-refractivity contribution in [3.8, 4) is 0 Å². The van der Waals surface area contributed by atoms with Crippen LogP contribution in [0.25, 0.3) is 0 Å². The molecule has 0 radical (unpaired) electrons. The summed E-state index contributed by atoms with van der Waals surface area (Å²) >= 11 is 0. The van der Waals surface area contributed by atoms with Crippen molar-refractivity contribution >= 4 is 16.0 Å². The fourth-order valence-corrected chi connectivity index (χ4v) is 1.93. The zero-order chi connectivity index (χ0) is 12.3. The lowest BCUT2D eigenvalue weighted by molar-refractivity contribution is 0.0656. The molecule has 8 heteroatoms. The molecule has 1 aromatic heterocycles. The van der Waals surface area contributed by atoms with E-state index in [2.05, 4.69) is 9.14 Å². The SMILES string of the molecule is C[C@@H](O)CNS(=O)(=O)c1ccc(C(=O)O)o1. The Labute approximate surface area is 91.7 Å². The molecule has 0 aliphatic rings. The third-order valence-electron chi connectivity index (χ3n) is 1.63. The molecule has 1 heterocycles. The van der Waals surface area contributed by atoms with Gasteiger partial charge in [-0.15, -0.1) is 0 Å². The first-order valence-electron chi connectivity index (χ1n) is 4.34. The molecule has 0 spiro atoms. The molecule has 0 unspecified atom stereocenters. The van der Waals surface area contributed by atoms with Crippen LogP contribution in [0.4, 0.5) is 0 Å². The van der Waals surface area contributed by atoms with E-state index in [0.29, 0.717) is 0 Å². The Morgan fingerprint density at radius 2 is 2.19 bits per heavy atom. The number of nitrogens with one attached hydrogen (secondary N) is 1. The van der Waals surface area contributed by atoms with Crippen LogP contribution in [0.5, 0.6) is 0 Å². The fourth-order valence-electron chi connectivity index (χ4n) is 0.881. The van der Waals surface area contributed by atoms with Crippen molar-refractivity contribution < 1.29 is 27.8 Å². The van der Waals surface area contributed by atoms with Gasteiger partial charge in [-0.2, -0.15) is 0 Å². The summed E-state index contributed by atoms with van der Waals surface area (Å²) in [6.07, 6.45) is -0.844. The molecule has 0 amide bonds. The van der Waals surface area contributed by atoms with Crippen LogP contribution < -0.4 is 4.72 Å². The second kappa shape index (κ2) is 4.64. The molecule has 1 atom stereocenters. The average Bonchev–Trinajstić information content (AvgIpc) is 2.64. The van der Waals surface area contributed by atoms with E-state index in [-0.39, 0.29) is 6.54 Å². The van der Waals surface area contributed by atoms with Crippen molar-refractivity contribution in [3.05, 3.63) is 17.9 Å². The summed E-state index contributed by atoms with van der Waals surface area (Å²) in [6, 6.07) is 2.08. The molecule has 0 fully saturated rings. The number of aliphatic hydroxyl groups is 1. The highest BCUT2D eigenvalue weighted by Gasteiger charge is 2.20. The van der Waals surface area contributed by atoms with E-state index < -0.39 is 32.9 Å². The Hall–Kier alpha value is -1.38. The van der Waals surface area contributed by atoms with Crippen molar-refractivity contribution in [1.29, 1.82) is 0 Å². The molecule has 1 rings (SSSR count). The number of hydrogen-bond acceptors (Lipinski definition) is 5. The van der Waals surface area contributed by atoms with Gasteiger partial charge in [0.1, 0.15) is 0 Å². The lowest BCUT2D eigenvalue weighted by Crippen LogP contribution is -2.30. The highest BCUT2D eigenvalue weighted by Crippen LogP contribution is 2.13. The standard InChI is InChI=1S/C8H11NO6S/c1-5(10)4-9-16(13,14)7-3-2-6(15-7)8(11)12/h2-3,5,9-10H,4H2,1H3,(H,11,12)/t5-/m1/s1. The molecular weight excluding hydrogens is 238 g/mol. The van der Waals surface area contributed by atoms with E-state index in [1.807, 2.05) is 0 Å². The molecule has 0 aliphatic carbocycles. The van der Waals surface area contributed by atoms with Crippen LogP contribution in [-0.2, 0) is 10.0 Å². The number of carboxylic acids is 1. The van der Waals surface area contributed by atoms with Gasteiger partial charge in [-0.25, -0.2) is 17.9 Å². The molecule has 0 aliphatic heterocycles. The second-order valence-electron chi connectivity index (χ2n) is 3.12. The predicted molar refractivity (Wildman–Crippen MR) is 52.5 cm³/mol. The van der Waals surface area contributed by atoms with Gasteiger partial charge < -0.3 is 14.6 Å². The average molecular weight is 249 g/mol. The molecule has 3 N–H and O–H groups in total. The van der Waals surface area contributed by atoms with Gasteiger partial charge in [0.25, 0.3) is 10.0 Å². The molecule has 7 nitrogen and oxygen atoms in total. The Balaban J connectivity index is 2.86. The highest BCUT2D eigenvalue weighted by molar-refractivity contribution is 7.89. The zero-order valence-corrected chi connectivity index (χ0v) is 9.19. The summed E-state index contributed by atoms with van der Waals surface area (Å²) < 4.78 is 29.6. The number of furan rings is 1. The van der Waals surface area contributed by atoms with Crippen LogP contribution in [0.3, 0.4) is 0 Å². The number of rotatable bonds is 5. The maximum Gasteiger partial charge on any atom is 0.371 e. The first-order valence-corrected chi connectivity index (χ1v) is 5.82. The van der Waals surface area contributed by atoms with Crippen molar-refractivity contribution in [3.63, 3.8) is 0 Å². The molecule has 16 heavy (non-hydrogen) atoms. The molecule has 1 aromatic rings. The van der Waals surface area contributed by atoms with E-state index >= 15 is 0 Å². The minimum absolute atomic E-state index is 0.175. The van der Waals surface area contributed by atoms with Gasteiger partial charge in [0, 0.05) is 6.54 Å². The quantitative estimate of drug-likeness (QED) is 0.655. The van der Waals surface area contributed by atoms with Crippen LogP contribution >= 0.6 is 0 Å². The molecule has 0 bridgehead atoms. The van der Waals surface area contributed by atoms with Crippen molar-refractivity contribution in [2.75, 3.05) is 6.54 Å². The van der Waals surface area contributed by atoms with Crippen LogP contribution in [-0.4, -0.2) is 37.2 Å². The van der Waals surface area contributed by atoms with Gasteiger partial charge in [0.15, 0.2) is 0 Å². The van der Waals surface area contributed by atoms with Gasteiger partial charge in [0.2, 0.25) is 10.9 Å². The highest BCUT2D eigenvalue weighted by atomic mass is 32.2. The number of sulfonamides is 1. The van der Waals surface area contributed by atoms with Crippen molar-refractivity contribution in [2.45, 2.75) is 18.1 Å². The summed E-state index contributed by atoms with van der Waals surface area (Å²) in [5.74, 6) is -1.81. The third-order valence-corrected chi connectivity index (χ3v) is 2.92. The normalized spacial score (nSPS) is 13.6. The Bertz CT molecular complexity index is 474. The van der Waals surface area contributed by atoms with Crippen LogP contribution in [0.1, 0.15) is 17.5 Å². The first-order chi connectivity index (χ1) is 7.33. The molecule has 90 valence electrons. The van der Waals surface area contributed by atoms with E-state index in [1.165, 1.54) is 6.92 Å². The number of carbonyl (C=O) groups is 1. The van der Waals surface area contributed by atoms with Gasteiger partial charge in [-0.05, 0) is 19.1 Å². The maximum atomic E-state index is 11.5. The van der Waals surface area contributed by atoms with Gasteiger partial charge in [-0.1, -0.05) is 0 Å². The third kappa shape index (κ3) is 3.05. The maximum absolute atomic E-state index is 11.5. The van der Waals surface area contributed by atoms with E-state index in [4.69, 9.17) is 10.2 Å². The Morgan fingerprint density at radius 1 is 1.56 bits per heavy atom. The number of aliphatic hydroxyl groups excluding tert-OH is 1. The van der Waals surface area contributed by atoms with E-state index in [9.17, 15) is 13.2 Å². The van der Waals surface area contributed by atoms with Crippen molar-refractivity contribution in [2.24, 2.45) is 0 Å². The van der Waals surface area contributed by atoms with E-state index in [1.54, 1.807) is 0 Å². The summed E-state index contributed by atoms with van der Waals surface area (Å²) in [5.41, 5.74) is 0. The molecule has 0 saturated carbocycles. The molecular formula is C8H11NO6S. The fraction of sp³-hybridized carbons (Fsp3) is 0.375. The lowest BCUT2D eigenvalue weighted by Gasteiger charge is -2.05. The molecule has 0 saturated heterocycles. The monoisotopic (exact) mass is 249 g/mol. The minimum Gasteiger partial charge on any atom is -0.475 e. The predicted octanol–water partition coefficient (Wildman–Crippen LogP) is -0.363. The smallest absolute Gasteiger partial charge is 0.371 e.